The van der Waals surface area contributed by atoms with Crippen molar-refractivity contribution >= 4 is 28.0 Å². The standard InChI is InChI=1S/C24H19N3O2S/c1-4-11-29-18-9-10-20-19(12-18)22(17-7-5-16(6-8-17)15(2)3)27-24(26-20)23(28)21-13-25-14-30-21/h1,5-10,12-15H,11H2,2-3H3. The molecule has 2 heterocycles. The van der Waals surface area contributed by atoms with Crippen molar-refractivity contribution in [3.63, 3.8) is 0 Å². The zero-order valence-electron chi connectivity index (χ0n) is 16.6. The monoisotopic (exact) mass is 413 g/mol. The first-order valence-electron chi connectivity index (χ1n) is 9.48. The molecule has 0 saturated carbocycles. The van der Waals surface area contributed by atoms with Gasteiger partial charge in [-0.05, 0) is 29.7 Å². The number of hydrogen-bond donors (Lipinski definition) is 0. The summed E-state index contributed by atoms with van der Waals surface area (Å²) in [5, 5.41) is 0.794. The molecule has 0 aliphatic rings. The van der Waals surface area contributed by atoms with Gasteiger partial charge in [0.2, 0.25) is 11.6 Å². The minimum Gasteiger partial charge on any atom is -0.481 e. The number of nitrogens with zero attached hydrogens (tertiary/aromatic N) is 3. The first kappa shape index (κ1) is 19.7. The smallest absolute Gasteiger partial charge is 0.241 e. The number of carbonyl (C=O) groups excluding carboxylic acids is 1. The van der Waals surface area contributed by atoms with Crippen LogP contribution in [-0.4, -0.2) is 27.3 Å². The molecule has 5 nitrogen and oxygen atoms in total. The largest absolute Gasteiger partial charge is 0.481 e. The van der Waals surface area contributed by atoms with Crippen molar-refractivity contribution in [2.24, 2.45) is 0 Å². The maximum Gasteiger partial charge on any atom is 0.241 e. The molecule has 0 aliphatic heterocycles. The van der Waals surface area contributed by atoms with E-state index in [1.54, 1.807) is 11.6 Å². The second-order valence-electron chi connectivity index (χ2n) is 7.04. The molecular weight excluding hydrogens is 394 g/mol. The van der Waals surface area contributed by atoms with Crippen molar-refractivity contribution in [2.75, 3.05) is 6.61 Å². The molecular formula is C24H19N3O2S. The molecule has 6 heteroatoms. The Kier molecular flexibility index (Phi) is 5.55. The van der Waals surface area contributed by atoms with Crippen molar-refractivity contribution in [2.45, 2.75) is 19.8 Å². The number of rotatable bonds is 6. The molecule has 0 atom stereocenters. The van der Waals surface area contributed by atoms with Gasteiger partial charge in [0.05, 0.1) is 21.6 Å². The average molecular weight is 414 g/mol. The van der Waals surface area contributed by atoms with Crippen LogP contribution in [0.1, 0.15) is 40.8 Å². The van der Waals surface area contributed by atoms with Crippen LogP contribution in [0.15, 0.2) is 54.2 Å². The summed E-state index contributed by atoms with van der Waals surface area (Å²) in [5.74, 6) is 3.42. The molecule has 0 fully saturated rings. The van der Waals surface area contributed by atoms with Crippen LogP contribution < -0.4 is 4.74 Å². The first-order valence-corrected chi connectivity index (χ1v) is 10.4. The number of benzene rings is 2. The van der Waals surface area contributed by atoms with E-state index < -0.39 is 0 Å². The van der Waals surface area contributed by atoms with E-state index in [-0.39, 0.29) is 18.2 Å². The number of ether oxygens (including phenoxy) is 1. The highest BCUT2D eigenvalue weighted by Gasteiger charge is 2.18. The van der Waals surface area contributed by atoms with Crippen molar-refractivity contribution in [1.29, 1.82) is 0 Å². The molecule has 0 N–H and O–H groups in total. The highest BCUT2D eigenvalue weighted by molar-refractivity contribution is 7.11. The number of aromatic nitrogens is 3. The summed E-state index contributed by atoms with van der Waals surface area (Å²) in [4.78, 5) is 26.5. The fourth-order valence-corrected chi connectivity index (χ4v) is 3.66. The van der Waals surface area contributed by atoms with Gasteiger partial charge >= 0.3 is 0 Å². The van der Waals surface area contributed by atoms with Crippen LogP contribution >= 0.6 is 11.3 Å². The Morgan fingerprint density at radius 3 is 2.63 bits per heavy atom. The third-order valence-corrected chi connectivity index (χ3v) is 5.47. The third-order valence-electron chi connectivity index (χ3n) is 4.70. The molecule has 4 rings (SSSR count). The number of hydrogen-bond acceptors (Lipinski definition) is 6. The van der Waals surface area contributed by atoms with E-state index in [9.17, 15) is 4.79 Å². The summed E-state index contributed by atoms with van der Waals surface area (Å²) < 4.78 is 5.58. The topological polar surface area (TPSA) is 65.0 Å². The van der Waals surface area contributed by atoms with Gasteiger partial charge < -0.3 is 4.74 Å². The average Bonchev–Trinajstić information content (AvgIpc) is 3.31. The lowest BCUT2D eigenvalue weighted by Gasteiger charge is -2.11. The number of thiazole rings is 1. The molecule has 0 aliphatic carbocycles. The molecule has 0 bridgehead atoms. The summed E-state index contributed by atoms with van der Waals surface area (Å²) in [6, 6.07) is 13.7. The van der Waals surface area contributed by atoms with Gasteiger partial charge in [-0.3, -0.25) is 9.78 Å². The Hall–Kier alpha value is -3.56. The summed E-state index contributed by atoms with van der Waals surface area (Å²) in [6.45, 7) is 4.47. The summed E-state index contributed by atoms with van der Waals surface area (Å²) in [7, 11) is 0. The minimum atomic E-state index is -0.243. The summed E-state index contributed by atoms with van der Waals surface area (Å²) >= 11 is 1.27. The number of terminal acetylenes is 1. The Balaban J connectivity index is 1.88. The Bertz CT molecular complexity index is 1240. The Labute approximate surface area is 178 Å². The SMILES string of the molecule is C#CCOc1ccc2nc(C(=O)c3cncs3)nc(-c3ccc(C(C)C)cc3)c2c1. The van der Waals surface area contributed by atoms with Gasteiger partial charge in [0, 0.05) is 17.1 Å². The maximum absolute atomic E-state index is 12.9. The van der Waals surface area contributed by atoms with Crippen molar-refractivity contribution in [3.05, 3.63) is 70.4 Å². The molecule has 0 saturated heterocycles. The normalized spacial score (nSPS) is 10.9. The van der Waals surface area contributed by atoms with Gasteiger partial charge in [-0.15, -0.1) is 17.8 Å². The number of carbonyl (C=O) groups is 1. The van der Waals surface area contributed by atoms with Gasteiger partial charge in [-0.25, -0.2) is 9.97 Å². The van der Waals surface area contributed by atoms with Gasteiger partial charge in [0.25, 0.3) is 0 Å². The third kappa shape index (κ3) is 3.93. The van der Waals surface area contributed by atoms with E-state index in [0.717, 1.165) is 10.9 Å². The van der Waals surface area contributed by atoms with Crippen LogP contribution in [-0.2, 0) is 0 Å². The van der Waals surface area contributed by atoms with Gasteiger partial charge in [-0.1, -0.05) is 44.0 Å². The molecule has 0 amide bonds. The minimum absolute atomic E-state index is 0.145. The Morgan fingerprint density at radius 2 is 1.97 bits per heavy atom. The van der Waals surface area contributed by atoms with Crippen molar-refractivity contribution in [1.82, 2.24) is 15.0 Å². The van der Waals surface area contributed by atoms with Crippen LogP contribution in [0.2, 0.25) is 0 Å². The van der Waals surface area contributed by atoms with E-state index in [2.05, 4.69) is 46.9 Å². The zero-order chi connectivity index (χ0) is 21.1. The molecule has 2 aromatic heterocycles. The van der Waals surface area contributed by atoms with Gasteiger partial charge in [0.1, 0.15) is 12.4 Å². The maximum atomic E-state index is 12.9. The number of fused-ring (bicyclic) bond motifs is 1. The van der Waals surface area contributed by atoms with E-state index in [1.165, 1.54) is 23.1 Å². The quantitative estimate of drug-likeness (QED) is 0.324. The molecule has 4 aromatic rings. The second kappa shape index (κ2) is 8.44. The fourth-order valence-electron chi connectivity index (χ4n) is 3.11. The van der Waals surface area contributed by atoms with Crippen molar-refractivity contribution in [3.8, 4) is 29.4 Å². The fraction of sp³-hybridized carbons (Fsp3) is 0.167. The van der Waals surface area contributed by atoms with E-state index in [1.807, 2.05) is 24.3 Å². The van der Waals surface area contributed by atoms with Gasteiger partial charge in [0.15, 0.2) is 0 Å². The summed E-state index contributed by atoms with van der Waals surface area (Å²) in [6.07, 6.45) is 6.84. The molecule has 2 aromatic carbocycles. The van der Waals surface area contributed by atoms with Crippen LogP contribution in [0.3, 0.4) is 0 Å². The molecule has 0 unspecified atom stereocenters. The van der Waals surface area contributed by atoms with Gasteiger partial charge in [-0.2, -0.15) is 0 Å². The van der Waals surface area contributed by atoms with Crippen LogP contribution in [0.4, 0.5) is 0 Å². The van der Waals surface area contributed by atoms with Crippen molar-refractivity contribution < 1.29 is 9.53 Å². The first-order chi connectivity index (χ1) is 14.6. The number of ketones is 1. The van der Waals surface area contributed by atoms with E-state index in [4.69, 9.17) is 11.2 Å². The molecule has 0 spiro atoms. The van der Waals surface area contributed by atoms with Crippen LogP contribution in [0.25, 0.3) is 22.2 Å². The zero-order valence-corrected chi connectivity index (χ0v) is 17.4. The van der Waals surface area contributed by atoms with E-state index >= 15 is 0 Å². The van der Waals surface area contributed by atoms with E-state index in [0.29, 0.717) is 27.8 Å². The Morgan fingerprint density at radius 1 is 1.17 bits per heavy atom. The van der Waals surface area contributed by atoms with Crippen LogP contribution in [0.5, 0.6) is 5.75 Å². The lowest BCUT2D eigenvalue weighted by Crippen LogP contribution is -2.07. The second-order valence-corrected chi connectivity index (χ2v) is 7.93. The highest BCUT2D eigenvalue weighted by Crippen LogP contribution is 2.31. The predicted molar refractivity (Wildman–Crippen MR) is 119 cm³/mol. The molecule has 0 radical (unpaired) electrons. The van der Waals surface area contributed by atoms with Crippen LogP contribution in [0, 0.1) is 12.3 Å². The highest BCUT2D eigenvalue weighted by atomic mass is 32.1. The predicted octanol–water partition coefficient (Wildman–Crippen LogP) is 5.12. The molecule has 148 valence electrons. The lowest BCUT2D eigenvalue weighted by molar-refractivity contribution is 0.103. The summed E-state index contributed by atoms with van der Waals surface area (Å²) in [5.41, 5.74) is 5.09. The lowest BCUT2D eigenvalue weighted by atomic mass is 9.99. The molecule has 30 heavy (non-hydrogen) atoms.